The quantitative estimate of drug-likeness (QED) is 0.376. The van der Waals surface area contributed by atoms with Crippen LogP contribution in [0, 0.1) is 18.3 Å². The van der Waals surface area contributed by atoms with Gasteiger partial charge in [-0.2, -0.15) is 5.26 Å². The predicted octanol–water partition coefficient (Wildman–Crippen LogP) is 3.82. The van der Waals surface area contributed by atoms with Crippen LogP contribution in [0.15, 0.2) is 12.1 Å². The molecule has 0 saturated carbocycles. The number of hydrogen-bond acceptors (Lipinski definition) is 6. The fraction of sp³-hybridized carbons (Fsp3) is 0.704. The number of likely N-dealkylation sites (tertiary alicyclic amines) is 1. The molecule has 1 saturated heterocycles. The Kier molecular flexibility index (Phi) is 16.0. The summed E-state index contributed by atoms with van der Waals surface area (Å²) < 4.78 is 5.82. The van der Waals surface area contributed by atoms with E-state index in [0.29, 0.717) is 17.9 Å². The lowest BCUT2D eigenvalue weighted by atomic mass is 10.0. The lowest BCUT2D eigenvalue weighted by Gasteiger charge is -2.29. The van der Waals surface area contributed by atoms with E-state index in [4.69, 9.17) is 10.00 Å². The fourth-order valence-corrected chi connectivity index (χ4v) is 4.04. The Morgan fingerprint density at radius 3 is 2.68 bits per heavy atom. The summed E-state index contributed by atoms with van der Waals surface area (Å²) in [6.45, 7) is 9.02. The van der Waals surface area contributed by atoms with Gasteiger partial charge in [0.1, 0.15) is 5.75 Å². The Hall–Kier alpha value is -2.14. The molecule has 7 nitrogen and oxygen atoms in total. The maximum Gasteiger partial charge on any atom is 0.251 e. The molecule has 7 heteroatoms. The molecule has 1 amide bonds. The first-order valence-electron chi connectivity index (χ1n) is 12.9. The largest absolute Gasteiger partial charge is 0.493 e. The highest BCUT2D eigenvalue weighted by atomic mass is 16.5. The van der Waals surface area contributed by atoms with Gasteiger partial charge in [0.25, 0.3) is 5.91 Å². The second-order valence-corrected chi connectivity index (χ2v) is 9.00. The normalized spacial score (nSPS) is 15.7. The molecule has 1 heterocycles. The van der Waals surface area contributed by atoms with Crippen molar-refractivity contribution in [2.45, 2.75) is 77.7 Å². The smallest absolute Gasteiger partial charge is 0.251 e. The molecular weight excluding hydrogens is 428 g/mol. The van der Waals surface area contributed by atoms with Crippen molar-refractivity contribution < 1.29 is 14.6 Å². The van der Waals surface area contributed by atoms with Crippen LogP contribution in [0.5, 0.6) is 5.75 Å². The van der Waals surface area contributed by atoms with Crippen molar-refractivity contribution in [1.82, 2.24) is 15.5 Å². The van der Waals surface area contributed by atoms with E-state index in [-0.39, 0.29) is 18.4 Å². The van der Waals surface area contributed by atoms with E-state index in [1.807, 2.05) is 20.0 Å². The van der Waals surface area contributed by atoms with Crippen molar-refractivity contribution in [2.75, 3.05) is 46.9 Å². The number of β-amino-alcohol motifs (C(OH)–C–C–N with tert-alkyl or cyclic N) is 1. The number of carbonyl (C=O) groups is 1. The third-order valence-corrected chi connectivity index (χ3v) is 6.06. The molecule has 0 bridgehead atoms. The minimum absolute atomic E-state index is 0.0712. The maximum atomic E-state index is 11.9. The van der Waals surface area contributed by atoms with E-state index in [1.54, 1.807) is 13.1 Å². The number of benzene rings is 1. The van der Waals surface area contributed by atoms with Crippen molar-refractivity contribution in [1.29, 1.82) is 5.26 Å². The van der Waals surface area contributed by atoms with E-state index in [9.17, 15) is 9.90 Å². The van der Waals surface area contributed by atoms with Crippen LogP contribution in [0.25, 0.3) is 0 Å². The topological polar surface area (TPSA) is 97.6 Å². The number of carbonyl (C=O) groups excluding carboxylic acids is 1. The highest BCUT2D eigenvalue weighted by Gasteiger charge is 2.16. The summed E-state index contributed by atoms with van der Waals surface area (Å²) in [6.07, 6.45) is 9.39. The van der Waals surface area contributed by atoms with Gasteiger partial charge < -0.3 is 25.4 Å². The average molecular weight is 475 g/mol. The van der Waals surface area contributed by atoms with E-state index >= 15 is 0 Å². The van der Waals surface area contributed by atoms with Crippen molar-refractivity contribution in [3.63, 3.8) is 0 Å². The molecular formula is C27H46N4O3. The number of nitrogens with zero attached hydrogens (tertiary/aromatic N) is 2. The molecule has 1 atom stereocenters. The van der Waals surface area contributed by atoms with Gasteiger partial charge in [0.2, 0.25) is 0 Å². The van der Waals surface area contributed by atoms with E-state index in [2.05, 4.69) is 28.5 Å². The van der Waals surface area contributed by atoms with Gasteiger partial charge in [-0.3, -0.25) is 4.79 Å². The molecule has 0 aromatic heterocycles. The van der Waals surface area contributed by atoms with Crippen LogP contribution in [-0.2, 0) is 6.42 Å². The standard InChI is InChI=1S/C17H24N2O2.C10H22N2O/c1-4-5-6-7-10-21-16-12-14(8-9-18)11-15(13(16)2)17(20)19-3;1-11-6-2-3-7-12-8-4-5-10(13)9-12/h11-12H,4-8,10H2,1-3H3,(H,19,20);10-11,13H,2-9H2,1H3/t;10-/m.0/s1. The van der Waals surface area contributed by atoms with Crippen LogP contribution < -0.4 is 15.4 Å². The fourth-order valence-electron chi connectivity index (χ4n) is 4.04. The van der Waals surface area contributed by atoms with Gasteiger partial charge in [0, 0.05) is 24.7 Å². The van der Waals surface area contributed by atoms with Crippen LogP contribution in [0.1, 0.15) is 79.8 Å². The number of ether oxygens (including phenoxy) is 1. The van der Waals surface area contributed by atoms with Crippen molar-refractivity contribution in [3.8, 4) is 11.8 Å². The van der Waals surface area contributed by atoms with Crippen LogP contribution in [-0.4, -0.2) is 68.9 Å². The highest BCUT2D eigenvalue weighted by molar-refractivity contribution is 5.96. The average Bonchev–Trinajstić information content (AvgIpc) is 2.83. The lowest BCUT2D eigenvalue weighted by Crippen LogP contribution is -2.38. The Morgan fingerprint density at radius 2 is 2.03 bits per heavy atom. The van der Waals surface area contributed by atoms with Crippen LogP contribution in [0.3, 0.4) is 0 Å². The number of aliphatic hydroxyl groups is 1. The SMILES string of the molecule is CCCCCCOc1cc(CC#N)cc(C(=O)NC)c1C.CNCCCCN1CCC[C@H](O)C1. The minimum atomic E-state index is -0.150. The molecule has 192 valence electrons. The van der Waals surface area contributed by atoms with Crippen molar-refractivity contribution in [3.05, 3.63) is 28.8 Å². The van der Waals surface area contributed by atoms with Crippen molar-refractivity contribution in [2.24, 2.45) is 0 Å². The molecule has 0 unspecified atom stereocenters. The van der Waals surface area contributed by atoms with E-state index in [0.717, 1.165) is 56.4 Å². The Balaban J connectivity index is 0.000000380. The van der Waals surface area contributed by atoms with Crippen molar-refractivity contribution >= 4 is 5.91 Å². The number of unbranched alkanes of at least 4 members (excludes halogenated alkanes) is 4. The Morgan fingerprint density at radius 1 is 1.24 bits per heavy atom. The molecule has 3 N–H and O–H groups in total. The second-order valence-electron chi connectivity index (χ2n) is 9.00. The molecule has 0 aliphatic carbocycles. The van der Waals surface area contributed by atoms with Gasteiger partial charge in [0.05, 0.1) is 25.2 Å². The number of amides is 1. The maximum absolute atomic E-state index is 11.9. The summed E-state index contributed by atoms with van der Waals surface area (Å²) in [4.78, 5) is 14.3. The van der Waals surface area contributed by atoms with Crippen LogP contribution >= 0.6 is 0 Å². The van der Waals surface area contributed by atoms with Gasteiger partial charge in [0.15, 0.2) is 0 Å². The number of nitriles is 1. The zero-order chi connectivity index (χ0) is 25.2. The van der Waals surface area contributed by atoms with Gasteiger partial charge in [-0.1, -0.05) is 26.2 Å². The molecule has 0 spiro atoms. The first-order valence-corrected chi connectivity index (χ1v) is 12.9. The molecule has 0 radical (unpaired) electrons. The third-order valence-electron chi connectivity index (χ3n) is 6.06. The van der Waals surface area contributed by atoms with Gasteiger partial charge in [-0.15, -0.1) is 0 Å². The summed E-state index contributed by atoms with van der Waals surface area (Å²) in [5, 5.41) is 24.0. The summed E-state index contributed by atoms with van der Waals surface area (Å²) >= 11 is 0. The zero-order valence-corrected chi connectivity index (χ0v) is 21.8. The molecule has 34 heavy (non-hydrogen) atoms. The number of piperidine rings is 1. The second kappa shape index (κ2) is 18.2. The van der Waals surface area contributed by atoms with Crippen LogP contribution in [0.2, 0.25) is 0 Å². The zero-order valence-electron chi connectivity index (χ0n) is 21.8. The molecule has 1 aromatic carbocycles. The van der Waals surface area contributed by atoms with Gasteiger partial charge in [-0.25, -0.2) is 0 Å². The number of hydrogen-bond donors (Lipinski definition) is 3. The van der Waals surface area contributed by atoms with Gasteiger partial charge in [-0.05, 0) is 83.4 Å². The molecule has 2 rings (SSSR count). The Labute approximate surface area is 206 Å². The summed E-state index contributed by atoms with van der Waals surface area (Å²) in [6, 6.07) is 5.74. The van der Waals surface area contributed by atoms with Crippen LogP contribution in [0.4, 0.5) is 0 Å². The van der Waals surface area contributed by atoms with E-state index < -0.39 is 0 Å². The Bertz CT molecular complexity index is 748. The first-order chi connectivity index (χ1) is 16.5. The highest BCUT2D eigenvalue weighted by Crippen LogP contribution is 2.25. The predicted molar refractivity (Wildman–Crippen MR) is 138 cm³/mol. The first kappa shape index (κ1) is 29.9. The molecule has 1 aliphatic rings. The number of aliphatic hydroxyl groups excluding tert-OH is 1. The lowest BCUT2D eigenvalue weighted by molar-refractivity contribution is 0.0699. The number of nitrogens with one attached hydrogen (secondary N) is 2. The summed E-state index contributed by atoms with van der Waals surface area (Å²) in [7, 11) is 3.59. The number of rotatable bonds is 13. The molecule has 1 aromatic rings. The summed E-state index contributed by atoms with van der Waals surface area (Å²) in [5.74, 6) is 0.556. The molecule has 1 fully saturated rings. The monoisotopic (exact) mass is 474 g/mol. The molecule has 1 aliphatic heterocycles. The van der Waals surface area contributed by atoms with Gasteiger partial charge >= 0.3 is 0 Å². The summed E-state index contributed by atoms with van der Waals surface area (Å²) in [5.41, 5.74) is 2.21. The third kappa shape index (κ3) is 11.8. The minimum Gasteiger partial charge on any atom is -0.493 e. The van der Waals surface area contributed by atoms with E-state index in [1.165, 1.54) is 32.2 Å².